The second-order valence-corrected chi connectivity index (χ2v) is 5.13. The zero-order valence-electron chi connectivity index (χ0n) is 8.31. The molecule has 0 radical (unpaired) electrons. The van der Waals surface area contributed by atoms with Gasteiger partial charge in [-0.25, -0.2) is 0 Å². The normalized spacial score (nSPS) is 35.4. The monoisotopic (exact) mass is 166 g/mol. The van der Waals surface area contributed by atoms with Crippen molar-refractivity contribution in [1.29, 1.82) is 0 Å². The van der Waals surface area contributed by atoms with E-state index in [0.29, 0.717) is 22.5 Å². The molecule has 0 aromatic rings. The lowest BCUT2D eigenvalue weighted by Gasteiger charge is -2.10. The van der Waals surface area contributed by atoms with Gasteiger partial charge in [0.1, 0.15) is 5.78 Å². The van der Waals surface area contributed by atoms with E-state index in [4.69, 9.17) is 0 Å². The average molecular weight is 166 g/mol. The maximum atomic E-state index is 11.4. The van der Waals surface area contributed by atoms with E-state index in [2.05, 4.69) is 13.8 Å². The van der Waals surface area contributed by atoms with Gasteiger partial charge >= 0.3 is 0 Å². The SMILES string of the molecule is CC(=O)C1C(C)(C)C12CCCC2. The molecule has 1 spiro atoms. The molecule has 0 bridgehead atoms. The van der Waals surface area contributed by atoms with E-state index in [1.54, 1.807) is 6.92 Å². The van der Waals surface area contributed by atoms with E-state index in [0.717, 1.165) is 0 Å². The van der Waals surface area contributed by atoms with Gasteiger partial charge in [0.25, 0.3) is 0 Å². The van der Waals surface area contributed by atoms with Crippen LogP contribution in [0.5, 0.6) is 0 Å². The summed E-state index contributed by atoms with van der Waals surface area (Å²) in [4.78, 5) is 11.4. The maximum absolute atomic E-state index is 11.4. The summed E-state index contributed by atoms with van der Waals surface area (Å²) in [5.41, 5.74) is 0.744. The number of hydrogen-bond acceptors (Lipinski definition) is 1. The molecule has 1 unspecified atom stereocenters. The van der Waals surface area contributed by atoms with Gasteiger partial charge in [-0.2, -0.15) is 0 Å². The fraction of sp³-hybridized carbons (Fsp3) is 0.909. The molecule has 2 aliphatic rings. The average Bonchev–Trinajstić information content (AvgIpc) is 2.32. The summed E-state index contributed by atoms with van der Waals surface area (Å²) in [7, 11) is 0. The number of carbonyl (C=O) groups excluding carboxylic acids is 1. The molecular formula is C11H18O. The van der Waals surface area contributed by atoms with Crippen LogP contribution in [0.15, 0.2) is 0 Å². The lowest BCUT2D eigenvalue weighted by atomic mass is 9.94. The molecule has 0 heterocycles. The van der Waals surface area contributed by atoms with Gasteiger partial charge in [-0.15, -0.1) is 0 Å². The topological polar surface area (TPSA) is 17.1 Å². The smallest absolute Gasteiger partial charge is 0.134 e. The van der Waals surface area contributed by atoms with Crippen molar-refractivity contribution in [2.75, 3.05) is 0 Å². The van der Waals surface area contributed by atoms with E-state index in [1.807, 2.05) is 0 Å². The van der Waals surface area contributed by atoms with Gasteiger partial charge in [0.2, 0.25) is 0 Å². The first-order valence-electron chi connectivity index (χ1n) is 5.03. The number of ketones is 1. The third-order valence-electron chi connectivity index (χ3n) is 4.38. The van der Waals surface area contributed by atoms with Gasteiger partial charge in [-0.05, 0) is 30.6 Å². The standard InChI is InChI=1S/C11H18O/c1-8(12)9-10(2,3)11(9)6-4-5-7-11/h9H,4-7H2,1-3H3. The van der Waals surface area contributed by atoms with Gasteiger partial charge in [-0.3, -0.25) is 4.79 Å². The van der Waals surface area contributed by atoms with Crippen LogP contribution in [0.4, 0.5) is 0 Å². The highest BCUT2D eigenvalue weighted by molar-refractivity contribution is 5.84. The summed E-state index contributed by atoms with van der Waals surface area (Å²) >= 11 is 0. The molecule has 2 saturated carbocycles. The molecule has 0 N–H and O–H groups in total. The highest BCUT2D eigenvalue weighted by Gasteiger charge is 2.72. The fourth-order valence-electron chi connectivity index (χ4n) is 3.78. The van der Waals surface area contributed by atoms with Crippen molar-refractivity contribution in [3.63, 3.8) is 0 Å². The van der Waals surface area contributed by atoms with Crippen molar-refractivity contribution in [3.8, 4) is 0 Å². The summed E-state index contributed by atoms with van der Waals surface area (Å²) in [6.07, 6.45) is 5.27. The van der Waals surface area contributed by atoms with E-state index in [9.17, 15) is 4.79 Å². The van der Waals surface area contributed by atoms with Gasteiger partial charge in [0.15, 0.2) is 0 Å². The predicted octanol–water partition coefficient (Wildman–Crippen LogP) is 2.79. The Balaban J connectivity index is 2.24. The largest absolute Gasteiger partial charge is 0.300 e. The Hall–Kier alpha value is -0.330. The van der Waals surface area contributed by atoms with E-state index < -0.39 is 0 Å². The zero-order valence-corrected chi connectivity index (χ0v) is 8.31. The Morgan fingerprint density at radius 3 is 2.08 bits per heavy atom. The van der Waals surface area contributed by atoms with Crippen LogP contribution in [0.1, 0.15) is 46.5 Å². The lowest BCUT2D eigenvalue weighted by molar-refractivity contribution is -0.119. The summed E-state index contributed by atoms with van der Waals surface area (Å²) in [5.74, 6) is 0.800. The molecule has 12 heavy (non-hydrogen) atoms. The first kappa shape index (κ1) is 8.28. The van der Waals surface area contributed by atoms with Crippen molar-refractivity contribution in [1.82, 2.24) is 0 Å². The number of hydrogen-bond donors (Lipinski definition) is 0. The van der Waals surface area contributed by atoms with Gasteiger partial charge in [-0.1, -0.05) is 26.7 Å². The van der Waals surface area contributed by atoms with Crippen LogP contribution < -0.4 is 0 Å². The molecule has 0 saturated heterocycles. The highest BCUT2D eigenvalue weighted by atomic mass is 16.1. The van der Waals surface area contributed by atoms with Crippen LogP contribution in [0.25, 0.3) is 0 Å². The Morgan fingerprint density at radius 2 is 1.75 bits per heavy atom. The minimum atomic E-state index is 0.315. The van der Waals surface area contributed by atoms with Crippen LogP contribution >= 0.6 is 0 Å². The summed E-state index contributed by atoms with van der Waals surface area (Å²) < 4.78 is 0. The molecule has 1 nitrogen and oxygen atoms in total. The first-order valence-corrected chi connectivity index (χ1v) is 5.03. The van der Waals surface area contributed by atoms with Crippen LogP contribution in [0, 0.1) is 16.7 Å². The molecule has 2 aliphatic carbocycles. The first-order chi connectivity index (χ1) is 5.52. The van der Waals surface area contributed by atoms with Crippen LogP contribution in [-0.4, -0.2) is 5.78 Å². The Morgan fingerprint density at radius 1 is 1.25 bits per heavy atom. The Bertz CT molecular complexity index is 221. The van der Waals surface area contributed by atoms with Crippen LogP contribution in [-0.2, 0) is 4.79 Å². The Kier molecular flexibility index (Phi) is 1.47. The molecule has 1 atom stereocenters. The van der Waals surface area contributed by atoms with Gasteiger partial charge in [0, 0.05) is 5.92 Å². The quantitative estimate of drug-likeness (QED) is 0.585. The molecule has 0 amide bonds. The van der Waals surface area contributed by atoms with Crippen molar-refractivity contribution >= 4 is 5.78 Å². The highest BCUT2D eigenvalue weighted by Crippen LogP contribution is 2.75. The van der Waals surface area contributed by atoms with Crippen molar-refractivity contribution < 1.29 is 4.79 Å². The van der Waals surface area contributed by atoms with Gasteiger partial charge < -0.3 is 0 Å². The van der Waals surface area contributed by atoms with E-state index >= 15 is 0 Å². The van der Waals surface area contributed by atoms with Crippen LogP contribution in [0.3, 0.4) is 0 Å². The van der Waals surface area contributed by atoms with Crippen molar-refractivity contribution in [2.24, 2.45) is 16.7 Å². The fourth-order valence-corrected chi connectivity index (χ4v) is 3.78. The second kappa shape index (κ2) is 2.12. The van der Waals surface area contributed by atoms with Crippen molar-refractivity contribution in [2.45, 2.75) is 46.5 Å². The molecule has 2 fully saturated rings. The Labute approximate surface area is 74.5 Å². The van der Waals surface area contributed by atoms with Crippen molar-refractivity contribution in [3.05, 3.63) is 0 Å². The third-order valence-corrected chi connectivity index (χ3v) is 4.38. The minimum Gasteiger partial charge on any atom is -0.300 e. The predicted molar refractivity (Wildman–Crippen MR) is 48.9 cm³/mol. The van der Waals surface area contributed by atoms with Crippen LogP contribution in [0.2, 0.25) is 0 Å². The third kappa shape index (κ3) is 0.725. The minimum absolute atomic E-state index is 0.315. The van der Waals surface area contributed by atoms with E-state index in [-0.39, 0.29) is 0 Å². The summed E-state index contributed by atoms with van der Waals surface area (Å²) in [6, 6.07) is 0. The summed E-state index contributed by atoms with van der Waals surface area (Å²) in [5, 5.41) is 0. The molecule has 2 rings (SSSR count). The lowest BCUT2D eigenvalue weighted by Crippen LogP contribution is -2.03. The number of rotatable bonds is 1. The second-order valence-electron chi connectivity index (χ2n) is 5.13. The number of Topliss-reactive ketones (excluding diaryl/α,β-unsaturated/α-hetero) is 1. The molecule has 68 valence electrons. The molecule has 0 aromatic heterocycles. The summed E-state index contributed by atoms with van der Waals surface area (Å²) in [6.45, 7) is 6.30. The van der Waals surface area contributed by atoms with Gasteiger partial charge in [0.05, 0.1) is 0 Å². The zero-order chi connectivity index (χ0) is 8.98. The molecular weight excluding hydrogens is 148 g/mol. The molecule has 0 aromatic carbocycles. The molecule has 0 aliphatic heterocycles. The number of carbonyl (C=O) groups is 1. The van der Waals surface area contributed by atoms with E-state index in [1.165, 1.54) is 25.7 Å². The molecule has 1 heteroatoms. The maximum Gasteiger partial charge on any atom is 0.134 e.